The van der Waals surface area contributed by atoms with E-state index in [1.807, 2.05) is 81.4 Å². The Kier molecular flexibility index (Phi) is 7.57. The fourth-order valence-electron chi connectivity index (χ4n) is 5.59. The number of aryl methyl sites for hydroxylation is 1. The Morgan fingerprint density at radius 2 is 1.66 bits per heavy atom. The lowest BCUT2D eigenvalue weighted by Gasteiger charge is -2.46. The molecule has 1 amide bonds. The first kappa shape index (κ1) is 27.6. The lowest BCUT2D eigenvalue weighted by molar-refractivity contribution is -0.0801. The number of carbonyl (C=O) groups is 1. The van der Waals surface area contributed by atoms with Gasteiger partial charge < -0.3 is 14.2 Å². The van der Waals surface area contributed by atoms with E-state index >= 15 is 0 Å². The van der Waals surface area contributed by atoms with Crippen LogP contribution < -0.4 is 5.56 Å². The minimum Gasteiger partial charge on any atom is -0.438 e. The van der Waals surface area contributed by atoms with Gasteiger partial charge in [0.25, 0.3) is 5.56 Å². The topological polar surface area (TPSA) is 85.7 Å². The molecule has 1 aromatic heterocycles. The molecule has 202 valence electrons. The highest BCUT2D eigenvalue weighted by Crippen LogP contribution is 2.45. The largest absolute Gasteiger partial charge is 0.438 e. The van der Waals surface area contributed by atoms with Gasteiger partial charge in [-0.25, -0.2) is 13.2 Å². The third kappa shape index (κ3) is 6.18. The van der Waals surface area contributed by atoms with Crippen molar-refractivity contribution in [3.05, 3.63) is 94.4 Å². The smallest absolute Gasteiger partial charge is 0.411 e. The van der Waals surface area contributed by atoms with Crippen LogP contribution in [0.1, 0.15) is 50.8 Å². The summed E-state index contributed by atoms with van der Waals surface area (Å²) in [5.74, 6) is 0.00606. The maximum atomic E-state index is 13.5. The molecule has 1 aliphatic rings. The zero-order valence-electron chi connectivity index (χ0n) is 22.7. The highest BCUT2D eigenvalue weighted by atomic mass is 32.2. The van der Waals surface area contributed by atoms with Crippen molar-refractivity contribution in [2.75, 3.05) is 18.6 Å². The molecule has 2 atom stereocenters. The molecule has 7 nitrogen and oxygen atoms in total. The lowest BCUT2D eigenvalue weighted by Crippen LogP contribution is -2.50. The number of carbonyl (C=O) groups excluding carboxylic acids is 1. The number of sulfone groups is 1. The van der Waals surface area contributed by atoms with Gasteiger partial charge in [0.2, 0.25) is 0 Å². The van der Waals surface area contributed by atoms with Crippen molar-refractivity contribution in [2.45, 2.75) is 45.3 Å². The standard InChI is InChI=1S/C30H36N2O5S/c1-22(23-11-13-24(14-12-23)25-15-17-31(4)27(33)19-25)32-18-16-30(37-28(32)34,26-9-7-6-8-10-26)20-29(2,3)21-38(5,35)36/h6-15,17,19,22H,16,18,20-21H2,1-5H3/t22-,30-/m0/s1. The summed E-state index contributed by atoms with van der Waals surface area (Å²) in [5.41, 5.74) is 2.03. The normalized spacial score (nSPS) is 19.2. The van der Waals surface area contributed by atoms with E-state index in [9.17, 15) is 18.0 Å². The first-order valence-electron chi connectivity index (χ1n) is 12.8. The number of cyclic esters (lactones) is 1. The van der Waals surface area contributed by atoms with E-state index < -0.39 is 26.9 Å². The van der Waals surface area contributed by atoms with Gasteiger partial charge in [0.15, 0.2) is 0 Å². The zero-order chi connectivity index (χ0) is 27.7. The summed E-state index contributed by atoms with van der Waals surface area (Å²) in [6.07, 6.45) is 3.51. The number of nitrogens with zero attached hydrogens (tertiary/aromatic N) is 2. The predicted octanol–water partition coefficient (Wildman–Crippen LogP) is 5.31. The molecule has 0 N–H and O–H groups in total. The molecule has 0 unspecified atom stereocenters. The second-order valence-corrected chi connectivity index (χ2v) is 13.4. The Balaban J connectivity index is 1.56. The van der Waals surface area contributed by atoms with Gasteiger partial charge >= 0.3 is 6.09 Å². The first-order chi connectivity index (χ1) is 17.8. The minimum atomic E-state index is -3.21. The second-order valence-electron chi connectivity index (χ2n) is 11.2. The SMILES string of the molecule is C[C@@H](c1ccc(-c2ccn(C)c(=O)c2)cc1)N1CC[C@](CC(C)(C)CS(C)(=O)=O)(c2ccccc2)OC1=O. The van der Waals surface area contributed by atoms with E-state index in [1.165, 1.54) is 10.8 Å². The molecule has 1 aliphatic heterocycles. The summed E-state index contributed by atoms with van der Waals surface area (Å²) in [6.45, 7) is 6.26. The summed E-state index contributed by atoms with van der Waals surface area (Å²) in [6, 6.07) is 20.8. The van der Waals surface area contributed by atoms with Crippen LogP contribution in [-0.2, 0) is 27.2 Å². The molecule has 38 heavy (non-hydrogen) atoms. The molecule has 4 rings (SSSR count). The summed E-state index contributed by atoms with van der Waals surface area (Å²) in [5, 5.41) is 0. The number of aromatic nitrogens is 1. The molecule has 2 heterocycles. The third-order valence-electron chi connectivity index (χ3n) is 7.29. The zero-order valence-corrected chi connectivity index (χ0v) is 23.5. The average Bonchev–Trinajstić information content (AvgIpc) is 2.84. The van der Waals surface area contributed by atoms with Crippen LogP contribution in [0.25, 0.3) is 11.1 Å². The third-order valence-corrected chi connectivity index (χ3v) is 8.59. The fourth-order valence-corrected chi connectivity index (χ4v) is 7.11. The van der Waals surface area contributed by atoms with E-state index in [-0.39, 0.29) is 17.4 Å². The van der Waals surface area contributed by atoms with Crippen molar-refractivity contribution >= 4 is 15.9 Å². The van der Waals surface area contributed by atoms with Crippen molar-refractivity contribution in [3.8, 4) is 11.1 Å². The molecule has 3 aromatic rings. The number of ether oxygens (including phenoxy) is 1. The molecular weight excluding hydrogens is 500 g/mol. The van der Waals surface area contributed by atoms with Crippen molar-refractivity contribution < 1.29 is 17.9 Å². The van der Waals surface area contributed by atoms with Gasteiger partial charge in [-0.3, -0.25) is 4.79 Å². The van der Waals surface area contributed by atoms with Crippen LogP contribution in [0.3, 0.4) is 0 Å². The van der Waals surface area contributed by atoms with Crippen LogP contribution >= 0.6 is 0 Å². The van der Waals surface area contributed by atoms with Gasteiger partial charge in [-0.05, 0) is 47.1 Å². The van der Waals surface area contributed by atoms with Crippen LogP contribution in [0.5, 0.6) is 0 Å². The Labute approximate surface area is 225 Å². The maximum Gasteiger partial charge on any atom is 0.411 e. The quantitative estimate of drug-likeness (QED) is 0.389. The van der Waals surface area contributed by atoms with Gasteiger partial charge in [0.1, 0.15) is 15.4 Å². The van der Waals surface area contributed by atoms with E-state index in [4.69, 9.17) is 4.74 Å². The molecular formula is C30H36N2O5S. The van der Waals surface area contributed by atoms with Crippen molar-refractivity contribution in [2.24, 2.45) is 12.5 Å². The van der Waals surface area contributed by atoms with Gasteiger partial charge in [-0.1, -0.05) is 68.4 Å². The number of benzene rings is 2. The highest BCUT2D eigenvalue weighted by Gasteiger charge is 2.47. The van der Waals surface area contributed by atoms with Crippen molar-refractivity contribution in [3.63, 3.8) is 0 Å². The number of hydrogen-bond donors (Lipinski definition) is 0. The maximum absolute atomic E-state index is 13.5. The predicted molar refractivity (Wildman–Crippen MR) is 150 cm³/mol. The average molecular weight is 537 g/mol. The van der Waals surface area contributed by atoms with Crippen LogP contribution in [0, 0.1) is 5.41 Å². The number of rotatable bonds is 8. The van der Waals surface area contributed by atoms with Gasteiger partial charge in [0.05, 0.1) is 11.8 Å². The Morgan fingerprint density at radius 1 is 1.00 bits per heavy atom. The molecule has 1 saturated heterocycles. The van der Waals surface area contributed by atoms with Gasteiger partial charge in [0, 0.05) is 38.5 Å². The molecule has 0 radical (unpaired) electrons. The van der Waals surface area contributed by atoms with E-state index in [0.717, 1.165) is 22.3 Å². The number of amides is 1. The van der Waals surface area contributed by atoms with Crippen LogP contribution in [-0.4, -0.2) is 42.5 Å². The van der Waals surface area contributed by atoms with E-state index in [2.05, 4.69) is 0 Å². The molecule has 0 spiro atoms. The summed E-state index contributed by atoms with van der Waals surface area (Å²) in [4.78, 5) is 27.2. The summed E-state index contributed by atoms with van der Waals surface area (Å²) in [7, 11) is -1.50. The Morgan fingerprint density at radius 3 is 2.24 bits per heavy atom. The Hall–Kier alpha value is -3.39. The van der Waals surface area contributed by atoms with E-state index in [0.29, 0.717) is 19.4 Å². The van der Waals surface area contributed by atoms with Crippen LogP contribution in [0.2, 0.25) is 0 Å². The first-order valence-corrected chi connectivity index (χ1v) is 14.8. The van der Waals surface area contributed by atoms with Gasteiger partial charge in [-0.15, -0.1) is 0 Å². The monoisotopic (exact) mass is 536 g/mol. The molecule has 0 saturated carbocycles. The lowest BCUT2D eigenvalue weighted by atomic mass is 9.75. The fraction of sp³-hybridized carbons (Fsp3) is 0.400. The summed E-state index contributed by atoms with van der Waals surface area (Å²) >= 11 is 0. The van der Waals surface area contributed by atoms with Crippen LogP contribution in [0.4, 0.5) is 4.79 Å². The number of pyridine rings is 1. The molecule has 8 heteroatoms. The Bertz CT molecular complexity index is 1460. The van der Waals surface area contributed by atoms with Crippen molar-refractivity contribution in [1.82, 2.24) is 9.47 Å². The molecule has 0 aliphatic carbocycles. The minimum absolute atomic E-state index is 0.00606. The van der Waals surface area contributed by atoms with Gasteiger partial charge in [-0.2, -0.15) is 0 Å². The number of hydrogen-bond acceptors (Lipinski definition) is 5. The van der Waals surface area contributed by atoms with Crippen LogP contribution in [0.15, 0.2) is 77.7 Å². The second kappa shape index (κ2) is 10.4. The van der Waals surface area contributed by atoms with Crippen molar-refractivity contribution in [1.29, 1.82) is 0 Å². The summed E-state index contributed by atoms with van der Waals surface area (Å²) < 4.78 is 32.0. The highest BCUT2D eigenvalue weighted by molar-refractivity contribution is 7.90. The molecule has 1 fully saturated rings. The van der Waals surface area contributed by atoms with E-state index in [1.54, 1.807) is 24.2 Å². The molecule has 0 bridgehead atoms. The molecule has 2 aromatic carbocycles.